The van der Waals surface area contributed by atoms with Crippen molar-refractivity contribution < 1.29 is 9.13 Å². The van der Waals surface area contributed by atoms with E-state index in [9.17, 15) is 4.39 Å². The summed E-state index contributed by atoms with van der Waals surface area (Å²) < 4.78 is 18.5. The topological polar surface area (TPSA) is 34.1 Å². The lowest BCUT2D eigenvalue weighted by Gasteiger charge is -2.10. The Morgan fingerprint density at radius 2 is 2.00 bits per heavy atom. The molecule has 0 atom stereocenters. The van der Waals surface area contributed by atoms with Crippen molar-refractivity contribution in [3.63, 3.8) is 0 Å². The number of benzene rings is 1. The van der Waals surface area contributed by atoms with E-state index in [-0.39, 0.29) is 5.82 Å². The van der Waals surface area contributed by atoms with E-state index in [0.29, 0.717) is 17.7 Å². The summed E-state index contributed by atoms with van der Waals surface area (Å²) in [6.45, 7) is 0.745. The summed E-state index contributed by atoms with van der Waals surface area (Å²) in [7, 11) is 0. The third-order valence-electron chi connectivity index (χ3n) is 3.04. The van der Waals surface area contributed by atoms with E-state index in [1.165, 1.54) is 25.0 Å². The fourth-order valence-electron chi connectivity index (χ4n) is 1.81. The molecule has 0 spiro atoms. The summed E-state index contributed by atoms with van der Waals surface area (Å²) in [5.41, 5.74) is 1.01. The van der Waals surface area contributed by atoms with Crippen LogP contribution in [0, 0.1) is 5.82 Å². The number of rotatable bonds is 5. The zero-order valence-electron chi connectivity index (χ0n) is 10.5. The van der Waals surface area contributed by atoms with Crippen molar-refractivity contribution >= 4 is 0 Å². The molecule has 1 aliphatic rings. The Bertz CT molecular complexity index is 552. The normalized spacial score (nSPS) is 14.4. The van der Waals surface area contributed by atoms with Gasteiger partial charge in [-0.2, -0.15) is 0 Å². The first-order chi connectivity index (χ1) is 9.31. The lowest BCUT2D eigenvalue weighted by Crippen LogP contribution is -2.16. The molecule has 3 nitrogen and oxygen atoms in total. The van der Waals surface area contributed by atoms with Crippen LogP contribution >= 0.6 is 0 Å². The van der Waals surface area contributed by atoms with Crippen LogP contribution < -0.4 is 10.1 Å². The molecule has 1 N–H and O–H groups in total. The van der Waals surface area contributed by atoms with Gasteiger partial charge in [-0.1, -0.05) is 6.07 Å². The number of halogens is 1. The van der Waals surface area contributed by atoms with Crippen molar-refractivity contribution in [2.75, 3.05) is 0 Å². The van der Waals surface area contributed by atoms with Crippen LogP contribution in [0.25, 0.3) is 0 Å². The standard InChI is InChI=1S/C15H15FN2O/c16-12-3-7-14(8-4-12)19-15-11(2-1-9-17-15)10-18-13-5-6-13/h1-4,7-9,13,18H,5-6,10H2. The maximum absolute atomic E-state index is 12.8. The summed E-state index contributed by atoms with van der Waals surface area (Å²) in [6.07, 6.45) is 4.18. The Balaban J connectivity index is 1.73. The third kappa shape index (κ3) is 3.29. The molecule has 1 saturated carbocycles. The molecule has 4 heteroatoms. The summed E-state index contributed by atoms with van der Waals surface area (Å²) in [5, 5.41) is 3.43. The Morgan fingerprint density at radius 1 is 1.21 bits per heavy atom. The molecule has 3 rings (SSSR count). The molecule has 0 radical (unpaired) electrons. The summed E-state index contributed by atoms with van der Waals surface area (Å²) in [5.74, 6) is 0.888. The SMILES string of the molecule is Fc1ccc(Oc2ncccc2CNC2CC2)cc1. The maximum Gasteiger partial charge on any atom is 0.223 e. The van der Waals surface area contributed by atoms with Crippen molar-refractivity contribution in [2.45, 2.75) is 25.4 Å². The maximum atomic E-state index is 12.8. The van der Waals surface area contributed by atoms with Crippen molar-refractivity contribution in [1.82, 2.24) is 10.3 Å². The average molecular weight is 258 g/mol. The molecule has 0 bridgehead atoms. The lowest BCUT2D eigenvalue weighted by molar-refractivity contribution is 0.451. The van der Waals surface area contributed by atoms with Crippen LogP contribution in [-0.4, -0.2) is 11.0 Å². The predicted octanol–water partition coefficient (Wildman–Crippen LogP) is 3.27. The van der Waals surface area contributed by atoms with E-state index in [4.69, 9.17) is 4.74 Å². The van der Waals surface area contributed by atoms with Crippen molar-refractivity contribution in [1.29, 1.82) is 0 Å². The van der Waals surface area contributed by atoms with E-state index in [0.717, 1.165) is 12.1 Å². The van der Waals surface area contributed by atoms with Gasteiger partial charge in [0.2, 0.25) is 5.88 Å². The van der Waals surface area contributed by atoms with Gasteiger partial charge in [0.25, 0.3) is 0 Å². The summed E-state index contributed by atoms with van der Waals surface area (Å²) in [6, 6.07) is 10.5. The number of pyridine rings is 1. The molecule has 0 amide bonds. The van der Waals surface area contributed by atoms with Crippen LogP contribution in [0.15, 0.2) is 42.6 Å². The molecule has 0 unspecified atom stereocenters. The number of hydrogen-bond acceptors (Lipinski definition) is 3. The molecular weight excluding hydrogens is 243 g/mol. The van der Waals surface area contributed by atoms with E-state index in [1.54, 1.807) is 18.3 Å². The predicted molar refractivity (Wildman–Crippen MR) is 70.6 cm³/mol. The zero-order chi connectivity index (χ0) is 13.1. The van der Waals surface area contributed by atoms with Crippen LogP contribution in [0.1, 0.15) is 18.4 Å². The largest absolute Gasteiger partial charge is 0.439 e. The van der Waals surface area contributed by atoms with Crippen LogP contribution in [0.4, 0.5) is 4.39 Å². The Morgan fingerprint density at radius 3 is 2.74 bits per heavy atom. The van der Waals surface area contributed by atoms with Gasteiger partial charge >= 0.3 is 0 Å². The molecule has 1 fully saturated rings. The highest BCUT2D eigenvalue weighted by Crippen LogP contribution is 2.24. The zero-order valence-corrected chi connectivity index (χ0v) is 10.5. The molecule has 19 heavy (non-hydrogen) atoms. The molecule has 1 heterocycles. The first-order valence-electron chi connectivity index (χ1n) is 6.42. The summed E-state index contributed by atoms with van der Waals surface area (Å²) in [4.78, 5) is 4.24. The van der Waals surface area contributed by atoms with Gasteiger partial charge in [0.1, 0.15) is 11.6 Å². The van der Waals surface area contributed by atoms with E-state index >= 15 is 0 Å². The van der Waals surface area contributed by atoms with Crippen molar-refractivity contribution in [3.05, 3.63) is 54.0 Å². The number of nitrogens with zero attached hydrogens (tertiary/aromatic N) is 1. The number of ether oxygens (including phenoxy) is 1. The molecule has 1 aromatic heterocycles. The quantitative estimate of drug-likeness (QED) is 0.893. The van der Waals surface area contributed by atoms with Gasteiger partial charge in [0, 0.05) is 24.3 Å². The number of aromatic nitrogens is 1. The fourth-order valence-corrected chi connectivity index (χ4v) is 1.81. The highest BCUT2D eigenvalue weighted by atomic mass is 19.1. The van der Waals surface area contributed by atoms with Crippen molar-refractivity contribution in [3.8, 4) is 11.6 Å². The van der Waals surface area contributed by atoms with Crippen molar-refractivity contribution in [2.24, 2.45) is 0 Å². The van der Waals surface area contributed by atoms with E-state index in [1.807, 2.05) is 12.1 Å². The van der Waals surface area contributed by atoms with Gasteiger partial charge in [-0.05, 0) is 43.2 Å². The third-order valence-corrected chi connectivity index (χ3v) is 3.04. The molecule has 2 aromatic rings. The first kappa shape index (κ1) is 12.1. The Labute approximate surface area is 111 Å². The molecule has 1 aliphatic carbocycles. The van der Waals surface area contributed by atoms with Gasteiger partial charge in [0.15, 0.2) is 0 Å². The first-order valence-corrected chi connectivity index (χ1v) is 6.42. The highest BCUT2D eigenvalue weighted by molar-refractivity contribution is 5.32. The fraction of sp³-hybridized carbons (Fsp3) is 0.267. The van der Waals surface area contributed by atoms with Crippen LogP contribution in [0.2, 0.25) is 0 Å². The van der Waals surface area contributed by atoms with Gasteiger partial charge in [-0.25, -0.2) is 9.37 Å². The van der Waals surface area contributed by atoms with Crippen LogP contribution in [0.3, 0.4) is 0 Å². The van der Waals surface area contributed by atoms with Crippen LogP contribution in [-0.2, 0) is 6.54 Å². The van der Waals surface area contributed by atoms with E-state index in [2.05, 4.69) is 10.3 Å². The van der Waals surface area contributed by atoms with Gasteiger partial charge in [0.05, 0.1) is 0 Å². The van der Waals surface area contributed by atoms with Gasteiger partial charge in [-0.15, -0.1) is 0 Å². The number of hydrogen-bond donors (Lipinski definition) is 1. The molecule has 1 aromatic carbocycles. The monoisotopic (exact) mass is 258 g/mol. The second kappa shape index (κ2) is 5.36. The minimum Gasteiger partial charge on any atom is -0.439 e. The van der Waals surface area contributed by atoms with Crippen LogP contribution in [0.5, 0.6) is 11.6 Å². The number of nitrogens with one attached hydrogen (secondary N) is 1. The van der Waals surface area contributed by atoms with E-state index < -0.39 is 0 Å². The molecule has 0 aliphatic heterocycles. The molecule has 0 saturated heterocycles. The summed E-state index contributed by atoms with van der Waals surface area (Å²) >= 11 is 0. The van der Waals surface area contributed by atoms with Gasteiger partial charge in [-0.3, -0.25) is 0 Å². The molecular formula is C15H15FN2O. The Kier molecular flexibility index (Phi) is 3.42. The minimum atomic E-state index is -0.274. The minimum absolute atomic E-state index is 0.274. The lowest BCUT2D eigenvalue weighted by atomic mass is 10.2. The Hall–Kier alpha value is -1.94. The van der Waals surface area contributed by atoms with Gasteiger partial charge < -0.3 is 10.1 Å². The second-order valence-corrected chi connectivity index (χ2v) is 4.68. The molecule has 98 valence electrons. The second-order valence-electron chi connectivity index (χ2n) is 4.68. The smallest absolute Gasteiger partial charge is 0.223 e. The highest BCUT2D eigenvalue weighted by Gasteiger charge is 2.20. The average Bonchev–Trinajstić information content (AvgIpc) is 3.25.